The van der Waals surface area contributed by atoms with Gasteiger partial charge in [-0.05, 0) is 50.3 Å². The lowest BCUT2D eigenvalue weighted by Gasteiger charge is -2.33. The molecule has 0 spiro atoms. The highest BCUT2D eigenvalue weighted by Gasteiger charge is 2.27. The summed E-state index contributed by atoms with van der Waals surface area (Å²) in [5.41, 5.74) is 3.27. The number of piperidine rings is 1. The average molecular weight is 441 g/mol. The molecule has 1 aliphatic rings. The maximum absolute atomic E-state index is 13.0. The van der Waals surface area contributed by atoms with E-state index < -0.39 is 0 Å². The Morgan fingerprint density at radius 1 is 1.16 bits per heavy atom. The molecule has 0 aliphatic carbocycles. The number of hydrogen-bond acceptors (Lipinski definition) is 4. The highest BCUT2D eigenvalue weighted by molar-refractivity contribution is 5.79. The molecule has 1 atom stereocenters. The molecule has 2 heterocycles. The number of likely N-dealkylation sites (tertiary alicyclic amines) is 1. The first-order valence-corrected chi connectivity index (χ1v) is 11.4. The van der Waals surface area contributed by atoms with Gasteiger partial charge in [-0.1, -0.05) is 26.0 Å². The van der Waals surface area contributed by atoms with Crippen LogP contribution in [0.4, 0.5) is 4.39 Å². The number of halogens is 1. The Balaban J connectivity index is 1.63. The first kappa shape index (κ1) is 23.8. The first-order valence-electron chi connectivity index (χ1n) is 11.4. The van der Waals surface area contributed by atoms with Gasteiger partial charge in [-0.15, -0.1) is 0 Å². The number of hydrogen-bond donors (Lipinski definition) is 1. The lowest BCUT2D eigenvalue weighted by molar-refractivity contribution is -0.133. The molecule has 6 nitrogen and oxygen atoms in total. The number of carbonyl (C=O) groups is 2. The van der Waals surface area contributed by atoms with E-state index in [1.807, 2.05) is 18.7 Å². The van der Waals surface area contributed by atoms with Gasteiger partial charge in [0, 0.05) is 48.9 Å². The van der Waals surface area contributed by atoms with E-state index in [9.17, 15) is 14.0 Å². The summed E-state index contributed by atoms with van der Waals surface area (Å²) >= 11 is 0. The highest BCUT2D eigenvalue weighted by Crippen LogP contribution is 2.27. The van der Waals surface area contributed by atoms with Crippen LogP contribution in [0, 0.1) is 25.6 Å². The third-order valence-corrected chi connectivity index (χ3v) is 5.90. The van der Waals surface area contributed by atoms with E-state index in [0.717, 1.165) is 47.7 Å². The van der Waals surface area contributed by atoms with Gasteiger partial charge in [0.2, 0.25) is 11.8 Å². The van der Waals surface area contributed by atoms with Crippen LogP contribution < -0.4 is 5.32 Å². The van der Waals surface area contributed by atoms with Crippen molar-refractivity contribution in [3.8, 4) is 0 Å². The Labute approximate surface area is 189 Å². The van der Waals surface area contributed by atoms with Crippen LogP contribution in [0.5, 0.6) is 0 Å². The minimum atomic E-state index is -0.297. The van der Waals surface area contributed by atoms with E-state index in [2.05, 4.69) is 19.2 Å². The van der Waals surface area contributed by atoms with E-state index >= 15 is 0 Å². The summed E-state index contributed by atoms with van der Waals surface area (Å²) in [4.78, 5) is 36.4. The van der Waals surface area contributed by atoms with Crippen LogP contribution in [-0.2, 0) is 22.6 Å². The zero-order chi connectivity index (χ0) is 23.3. The number of nitrogens with zero attached hydrogens (tertiary/aromatic N) is 3. The van der Waals surface area contributed by atoms with Crippen LogP contribution >= 0.6 is 0 Å². The van der Waals surface area contributed by atoms with E-state index in [1.165, 1.54) is 12.1 Å². The monoisotopic (exact) mass is 440 g/mol. The van der Waals surface area contributed by atoms with E-state index in [1.54, 1.807) is 12.1 Å². The second-order valence-electron chi connectivity index (χ2n) is 9.09. The predicted octanol–water partition coefficient (Wildman–Crippen LogP) is 3.84. The molecule has 172 valence electrons. The third-order valence-electron chi connectivity index (χ3n) is 5.90. The van der Waals surface area contributed by atoms with Crippen LogP contribution in [0.2, 0.25) is 0 Å². The number of aromatic nitrogens is 2. The van der Waals surface area contributed by atoms with Crippen molar-refractivity contribution in [3.63, 3.8) is 0 Å². The van der Waals surface area contributed by atoms with Gasteiger partial charge in [0.15, 0.2) is 0 Å². The zero-order valence-corrected chi connectivity index (χ0v) is 19.4. The summed E-state index contributed by atoms with van der Waals surface area (Å²) in [5.74, 6) is 1.01. The molecular formula is C25H33FN4O2. The van der Waals surface area contributed by atoms with Crippen molar-refractivity contribution < 1.29 is 14.0 Å². The molecule has 2 aromatic rings. The van der Waals surface area contributed by atoms with Gasteiger partial charge in [0.1, 0.15) is 11.6 Å². The number of amides is 2. The van der Waals surface area contributed by atoms with E-state index in [4.69, 9.17) is 9.97 Å². The van der Waals surface area contributed by atoms with Gasteiger partial charge in [-0.25, -0.2) is 14.4 Å². The fourth-order valence-corrected chi connectivity index (χ4v) is 4.12. The Morgan fingerprint density at radius 2 is 1.81 bits per heavy atom. The number of nitrogens with one attached hydrogen (secondary N) is 1. The Kier molecular flexibility index (Phi) is 7.94. The van der Waals surface area contributed by atoms with Crippen molar-refractivity contribution >= 4 is 11.8 Å². The smallest absolute Gasteiger partial charge is 0.224 e. The Hall–Kier alpha value is -2.83. The third kappa shape index (κ3) is 6.34. The molecule has 0 radical (unpaired) electrons. The fraction of sp³-hybridized carbons (Fsp3) is 0.520. The van der Waals surface area contributed by atoms with Crippen molar-refractivity contribution in [3.05, 3.63) is 58.4 Å². The minimum Gasteiger partial charge on any atom is -0.352 e. The standard InChI is InChI=1S/C25H33FN4O2/c1-16(2)12-24(32)30-11-5-6-20(15-30)25-28-17(3)22(18(4)29-25)13-23(31)27-14-19-7-9-21(26)10-8-19/h7-10,16,20H,5-6,11-15H2,1-4H3,(H,27,31)/t20-/m1/s1. The number of rotatable bonds is 7. The van der Waals surface area contributed by atoms with Crippen molar-refractivity contribution in [2.75, 3.05) is 13.1 Å². The van der Waals surface area contributed by atoms with Crippen LogP contribution in [0.15, 0.2) is 24.3 Å². The fourth-order valence-electron chi connectivity index (χ4n) is 4.12. The molecule has 1 aliphatic heterocycles. The summed E-state index contributed by atoms with van der Waals surface area (Å²) in [6.07, 6.45) is 2.67. The Morgan fingerprint density at radius 3 is 2.44 bits per heavy atom. The van der Waals surface area contributed by atoms with Crippen molar-refractivity contribution in [2.45, 2.75) is 65.8 Å². The maximum Gasteiger partial charge on any atom is 0.224 e. The molecule has 1 saturated heterocycles. The van der Waals surface area contributed by atoms with E-state index in [-0.39, 0.29) is 30.0 Å². The SMILES string of the molecule is Cc1nc([C@@H]2CCCN(C(=O)CC(C)C)C2)nc(C)c1CC(=O)NCc1ccc(F)cc1. The molecule has 3 rings (SSSR count). The lowest BCUT2D eigenvalue weighted by Crippen LogP contribution is -2.40. The predicted molar refractivity (Wildman–Crippen MR) is 121 cm³/mol. The topological polar surface area (TPSA) is 75.2 Å². The Bertz CT molecular complexity index is 936. The lowest BCUT2D eigenvalue weighted by atomic mass is 9.95. The maximum atomic E-state index is 13.0. The molecule has 2 amide bonds. The molecule has 1 aromatic heterocycles. The van der Waals surface area contributed by atoms with Crippen LogP contribution in [0.3, 0.4) is 0 Å². The van der Waals surface area contributed by atoms with Gasteiger partial charge >= 0.3 is 0 Å². The largest absolute Gasteiger partial charge is 0.352 e. The highest BCUT2D eigenvalue weighted by atomic mass is 19.1. The van der Waals surface area contributed by atoms with Crippen molar-refractivity contribution in [1.29, 1.82) is 0 Å². The number of aryl methyl sites for hydroxylation is 2. The molecule has 0 bridgehead atoms. The second kappa shape index (κ2) is 10.7. The molecule has 1 N–H and O–H groups in total. The van der Waals surface area contributed by atoms with Crippen molar-refractivity contribution in [1.82, 2.24) is 20.2 Å². The van der Waals surface area contributed by atoms with E-state index in [0.29, 0.717) is 25.4 Å². The molecule has 1 fully saturated rings. The molecule has 0 unspecified atom stereocenters. The summed E-state index contributed by atoms with van der Waals surface area (Å²) in [6.45, 7) is 9.73. The molecule has 0 saturated carbocycles. The summed E-state index contributed by atoms with van der Waals surface area (Å²) in [5, 5.41) is 2.87. The second-order valence-corrected chi connectivity index (χ2v) is 9.09. The van der Waals surface area contributed by atoms with Gasteiger partial charge in [0.05, 0.1) is 6.42 Å². The number of benzene rings is 1. The molecule has 1 aromatic carbocycles. The molecular weight excluding hydrogens is 407 g/mol. The van der Waals surface area contributed by atoms with Gasteiger partial charge < -0.3 is 10.2 Å². The summed E-state index contributed by atoms with van der Waals surface area (Å²) < 4.78 is 13.0. The average Bonchev–Trinajstić information content (AvgIpc) is 2.75. The van der Waals surface area contributed by atoms with Crippen LogP contribution in [0.25, 0.3) is 0 Å². The summed E-state index contributed by atoms with van der Waals surface area (Å²) in [7, 11) is 0. The summed E-state index contributed by atoms with van der Waals surface area (Å²) in [6, 6.07) is 6.07. The van der Waals surface area contributed by atoms with Gasteiger partial charge in [-0.3, -0.25) is 9.59 Å². The normalized spacial score (nSPS) is 16.3. The van der Waals surface area contributed by atoms with Gasteiger partial charge in [0.25, 0.3) is 0 Å². The quantitative estimate of drug-likeness (QED) is 0.710. The first-order chi connectivity index (χ1) is 15.2. The zero-order valence-electron chi connectivity index (χ0n) is 19.4. The molecule has 32 heavy (non-hydrogen) atoms. The molecule has 7 heteroatoms. The van der Waals surface area contributed by atoms with Crippen molar-refractivity contribution in [2.24, 2.45) is 5.92 Å². The van der Waals surface area contributed by atoms with Crippen LogP contribution in [-0.4, -0.2) is 39.8 Å². The van der Waals surface area contributed by atoms with Gasteiger partial charge in [-0.2, -0.15) is 0 Å². The number of carbonyl (C=O) groups excluding carboxylic acids is 2. The van der Waals surface area contributed by atoms with Crippen LogP contribution in [0.1, 0.15) is 67.4 Å². The minimum absolute atomic E-state index is 0.124.